The van der Waals surface area contributed by atoms with E-state index in [1.807, 2.05) is 28.8 Å². The summed E-state index contributed by atoms with van der Waals surface area (Å²) in [6.07, 6.45) is 6.95. The topological polar surface area (TPSA) is 108 Å². The van der Waals surface area contributed by atoms with E-state index >= 15 is 0 Å². The van der Waals surface area contributed by atoms with Crippen LogP contribution in [0.15, 0.2) is 43.2 Å². The van der Waals surface area contributed by atoms with Crippen molar-refractivity contribution in [2.24, 2.45) is 0 Å². The van der Waals surface area contributed by atoms with Gasteiger partial charge in [-0.1, -0.05) is 12.6 Å². The van der Waals surface area contributed by atoms with Crippen molar-refractivity contribution in [2.75, 3.05) is 28.7 Å². The van der Waals surface area contributed by atoms with Crippen LogP contribution in [-0.4, -0.2) is 49.7 Å². The lowest BCUT2D eigenvalue weighted by Gasteiger charge is -2.35. The fourth-order valence-corrected chi connectivity index (χ4v) is 4.22. The van der Waals surface area contributed by atoms with Crippen LogP contribution in [0.25, 0.3) is 11.2 Å². The molecule has 1 aliphatic heterocycles. The molecule has 0 spiro atoms. The molecular weight excluding hydrogens is 418 g/mol. The minimum atomic E-state index is -0.269. The molecule has 1 unspecified atom stereocenters. The Kier molecular flexibility index (Phi) is 6.88. The first kappa shape index (κ1) is 22.7. The van der Waals surface area contributed by atoms with Crippen LogP contribution in [0, 0.1) is 0 Å². The smallest absolute Gasteiger partial charge is 0.247 e. The van der Waals surface area contributed by atoms with Gasteiger partial charge in [-0.2, -0.15) is 9.97 Å². The highest BCUT2D eigenvalue weighted by Gasteiger charge is 2.26. The van der Waals surface area contributed by atoms with Crippen LogP contribution < -0.4 is 15.5 Å². The summed E-state index contributed by atoms with van der Waals surface area (Å²) in [7, 11) is 0. The van der Waals surface area contributed by atoms with Gasteiger partial charge in [0.25, 0.3) is 0 Å². The molecule has 3 aromatic rings. The summed E-state index contributed by atoms with van der Waals surface area (Å²) in [6, 6.07) is 7.82. The van der Waals surface area contributed by atoms with Gasteiger partial charge in [-0.05, 0) is 63.8 Å². The van der Waals surface area contributed by atoms with Gasteiger partial charge in [-0.3, -0.25) is 4.79 Å². The van der Waals surface area contributed by atoms with Crippen LogP contribution in [0.3, 0.4) is 0 Å². The van der Waals surface area contributed by atoms with Crippen LogP contribution in [0.2, 0.25) is 0 Å². The van der Waals surface area contributed by atoms with E-state index in [1.54, 1.807) is 6.33 Å². The van der Waals surface area contributed by atoms with Gasteiger partial charge in [0.2, 0.25) is 11.9 Å². The Labute approximate surface area is 193 Å². The van der Waals surface area contributed by atoms with Crippen molar-refractivity contribution in [2.45, 2.75) is 51.6 Å². The van der Waals surface area contributed by atoms with Gasteiger partial charge in [-0.15, -0.1) is 0 Å². The van der Waals surface area contributed by atoms with Gasteiger partial charge in [0.05, 0.1) is 6.33 Å². The molecule has 1 saturated heterocycles. The Morgan fingerprint density at radius 3 is 2.88 bits per heavy atom. The van der Waals surface area contributed by atoms with Crippen molar-refractivity contribution in [1.29, 1.82) is 0 Å². The molecule has 0 aliphatic carbocycles. The van der Waals surface area contributed by atoms with Crippen molar-refractivity contribution in [3.63, 3.8) is 0 Å². The second-order valence-electron chi connectivity index (χ2n) is 8.54. The first-order chi connectivity index (χ1) is 16.0. The number of nitrogens with one attached hydrogen (secondary N) is 2. The largest absolute Gasteiger partial charge is 0.396 e. The molecule has 1 fully saturated rings. The van der Waals surface area contributed by atoms with Gasteiger partial charge in [0.15, 0.2) is 17.0 Å². The van der Waals surface area contributed by atoms with Gasteiger partial charge in [-0.25, -0.2) is 4.98 Å². The van der Waals surface area contributed by atoms with Crippen LogP contribution in [0.4, 0.5) is 23.1 Å². The number of piperidine rings is 1. The number of anilines is 4. The minimum absolute atomic E-state index is 0.141. The highest BCUT2D eigenvalue weighted by molar-refractivity contribution is 5.99. The van der Waals surface area contributed by atoms with Gasteiger partial charge in [0.1, 0.15) is 0 Å². The number of aliphatic hydroxyl groups is 1. The third-order valence-electron chi connectivity index (χ3n) is 5.89. The minimum Gasteiger partial charge on any atom is -0.396 e. The third-order valence-corrected chi connectivity index (χ3v) is 5.89. The zero-order valence-corrected chi connectivity index (χ0v) is 19.2. The SMILES string of the molecule is C=CC(=O)Nc1cccc(Nc2nc(N3CCCCC3CCO)nc3c2ncn3C(C)C)c1. The molecule has 0 radical (unpaired) electrons. The normalized spacial score (nSPS) is 16.2. The molecule has 1 amide bonds. The molecule has 4 rings (SSSR count). The molecule has 174 valence electrons. The fourth-order valence-electron chi connectivity index (χ4n) is 4.22. The highest BCUT2D eigenvalue weighted by Crippen LogP contribution is 2.31. The molecule has 2 aromatic heterocycles. The number of benzene rings is 1. The van der Waals surface area contributed by atoms with Crippen LogP contribution in [0.5, 0.6) is 0 Å². The Morgan fingerprint density at radius 1 is 1.30 bits per heavy atom. The predicted octanol–water partition coefficient (Wildman–Crippen LogP) is 4.02. The molecule has 1 aliphatic rings. The maximum atomic E-state index is 11.7. The number of aliphatic hydroxyl groups excluding tert-OH is 1. The summed E-state index contributed by atoms with van der Waals surface area (Å²) in [4.78, 5) is 28.3. The molecule has 1 aromatic carbocycles. The summed E-state index contributed by atoms with van der Waals surface area (Å²) < 4.78 is 2.04. The maximum Gasteiger partial charge on any atom is 0.247 e. The average molecular weight is 450 g/mol. The second-order valence-corrected chi connectivity index (χ2v) is 8.54. The number of carbonyl (C=O) groups excluding carboxylic acids is 1. The van der Waals surface area contributed by atoms with Crippen molar-refractivity contribution in [3.05, 3.63) is 43.2 Å². The van der Waals surface area contributed by atoms with Gasteiger partial charge < -0.3 is 25.2 Å². The monoisotopic (exact) mass is 449 g/mol. The van der Waals surface area contributed by atoms with Crippen molar-refractivity contribution < 1.29 is 9.90 Å². The summed E-state index contributed by atoms with van der Waals surface area (Å²) >= 11 is 0. The van der Waals surface area contributed by atoms with Crippen LogP contribution in [0.1, 0.15) is 45.6 Å². The van der Waals surface area contributed by atoms with Crippen LogP contribution in [-0.2, 0) is 4.79 Å². The molecule has 3 heterocycles. The second kappa shape index (κ2) is 9.99. The molecule has 0 bridgehead atoms. The van der Waals surface area contributed by atoms with E-state index in [0.717, 1.165) is 37.1 Å². The number of hydrogen-bond donors (Lipinski definition) is 3. The molecule has 0 saturated carbocycles. The average Bonchev–Trinajstić information content (AvgIpc) is 3.24. The highest BCUT2D eigenvalue weighted by atomic mass is 16.3. The molecule has 9 nitrogen and oxygen atoms in total. The number of fused-ring (bicyclic) bond motifs is 1. The van der Waals surface area contributed by atoms with E-state index in [0.29, 0.717) is 29.4 Å². The first-order valence-corrected chi connectivity index (χ1v) is 11.4. The van der Waals surface area contributed by atoms with E-state index in [4.69, 9.17) is 9.97 Å². The third kappa shape index (κ3) is 4.98. The zero-order valence-electron chi connectivity index (χ0n) is 19.2. The molecular formula is C24H31N7O2. The summed E-state index contributed by atoms with van der Waals surface area (Å²) in [5.41, 5.74) is 2.88. The molecule has 9 heteroatoms. The fraction of sp³-hybridized carbons (Fsp3) is 0.417. The Bertz CT molecular complexity index is 1140. The van der Waals surface area contributed by atoms with Crippen LogP contribution >= 0.6 is 0 Å². The van der Waals surface area contributed by atoms with Gasteiger partial charge >= 0.3 is 0 Å². The van der Waals surface area contributed by atoms with E-state index in [-0.39, 0.29) is 24.6 Å². The molecule has 3 N–H and O–H groups in total. The Hall–Kier alpha value is -3.46. The first-order valence-electron chi connectivity index (χ1n) is 11.4. The Morgan fingerprint density at radius 2 is 2.12 bits per heavy atom. The zero-order chi connectivity index (χ0) is 23.4. The van der Waals surface area contributed by atoms with E-state index < -0.39 is 0 Å². The van der Waals surface area contributed by atoms with E-state index in [9.17, 15) is 9.90 Å². The maximum absolute atomic E-state index is 11.7. The van der Waals surface area contributed by atoms with E-state index in [1.165, 1.54) is 6.08 Å². The molecule has 1 atom stereocenters. The van der Waals surface area contributed by atoms with Gasteiger partial charge in [0, 0.05) is 36.6 Å². The summed E-state index contributed by atoms with van der Waals surface area (Å²) in [6.45, 7) is 8.68. The number of aromatic nitrogens is 4. The Balaban J connectivity index is 1.75. The van der Waals surface area contributed by atoms with E-state index in [2.05, 4.69) is 40.9 Å². The lowest BCUT2D eigenvalue weighted by molar-refractivity contribution is -0.111. The molecule has 33 heavy (non-hydrogen) atoms. The lowest BCUT2D eigenvalue weighted by Crippen LogP contribution is -2.41. The van der Waals surface area contributed by atoms with Crippen molar-refractivity contribution >= 4 is 40.2 Å². The summed E-state index contributed by atoms with van der Waals surface area (Å²) in [5, 5.41) is 15.7. The number of nitrogens with zero attached hydrogens (tertiary/aromatic N) is 5. The quantitative estimate of drug-likeness (QED) is 0.446. The number of hydrogen-bond acceptors (Lipinski definition) is 7. The lowest BCUT2D eigenvalue weighted by atomic mass is 10.0. The number of rotatable bonds is 8. The van der Waals surface area contributed by atoms with Crippen molar-refractivity contribution in [3.8, 4) is 0 Å². The summed E-state index contributed by atoms with van der Waals surface area (Å²) in [5.74, 6) is 0.978. The van der Waals surface area contributed by atoms with Crippen molar-refractivity contribution in [1.82, 2.24) is 19.5 Å². The number of carbonyl (C=O) groups is 1. The number of amides is 1. The number of imidazole rings is 1. The predicted molar refractivity (Wildman–Crippen MR) is 131 cm³/mol. The standard InChI is InChI=1S/C24H31N7O2/c1-4-20(33)26-17-8-7-9-18(14-17)27-22-21-23(31(15-25-21)16(2)3)29-24(28-22)30-12-6-5-10-19(30)11-13-32/h4,7-9,14-16,19,32H,1,5-6,10-13H2,2-3H3,(H,26,33)(H,27,28,29).